The third kappa shape index (κ3) is 4.30. The lowest BCUT2D eigenvalue weighted by Gasteiger charge is -2.14. The molecule has 1 rings (SSSR count). The van der Waals surface area contributed by atoms with Crippen LogP contribution in [0.3, 0.4) is 0 Å². The molecule has 0 bridgehead atoms. The van der Waals surface area contributed by atoms with Gasteiger partial charge in [-0.15, -0.1) is 0 Å². The Kier molecular flexibility index (Phi) is 5.12. The molecule has 0 saturated carbocycles. The first-order valence-electron chi connectivity index (χ1n) is 5.48. The maximum atomic E-state index is 8.92. The highest BCUT2D eigenvalue weighted by molar-refractivity contribution is 5.22. The van der Waals surface area contributed by atoms with Crippen molar-refractivity contribution in [3.05, 3.63) is 24.0 Å². The fraction of sp³-hybridized carbons (Fsp3) is 0.583. The highest BCUT2D eigenvalue weighted by Crippen LogP contribution is 2.15. The van der Waals surface area contributed by atoms with Crippen molar-refractivity contribution >= 4 is 0 Å². The maximum absolute atomic E-state index is 8.92. The molecule has 3 nitrogen and oxygen atoms in total. The van der Waals surface area contributed by atoms with Gasteiger partial charge in [0, 0.05) is 12.3 Å². The van der Waals surface area contributed by atoms with Crippen LogP contribution >= 0.6 is 0 Å². The minimum absolute atomic E-state index is 0.0411. The molecule has 1 aromatic heterocycles. The van der Waals surface area contributed by atoms with Gasteiger partial charge in [0.2, 0.25) is 0 Å². The molecule has 84 valence electrons. The normalized spacial score (nSPS) is 12.5. The number of aliphatic hydroxyl groups is 1. The van der Waals surface area contributed by atoms with Crippen LogP contribution in [0.2, 0.25) is 0 Å². The summed E-state index contributed by atoms with van der Waals surface area (Å²) in [6.07, 6.45) is 5.31. The summed E-state index contributed by atoms with van der Waals surface area (Å²) in [5, 5.41) is 8.92. The van der Waals surface area contributed by atoms with Crippen LogP contribution in [-0.2, 0) is 6.61 Å². The Bertz CT molecular complexity index is 289. The van der Waals surface area contributed by atoms with Crippen LogP contribution in [0.15, 0.2) is 18.3 Å². The van der Waals surface area contributed by atoms with Crippen molar-refractivity contribution < 1.29 is 9.84 Å². The molecule has 0 aliphatic heterocycles. The van der Waals surface area contributed by atoms with Crippen molar-refractivity contribution in [1.82, 2.24) is 4.98 Å². The van der Waals surface area contributed by atoms with E-state index in [9.17, 15) is 0 Å². The van der Waals surface area contributed by atoms with Crippen molar-refractivity contribution in [2.45, 2.75) is 45.8 Å². The van der Waals surface area contributed by atoms with E-state index in [1.165, 1.54) is 12.8 Å². The molecule has 1 aromatic rings. The monoisotopic (exact) mass is 209 g/mol. The second-order valence-electron chi connectivity index (χ2n) is 3.71. The summed E-state index contributed by atoms with van der Waals surface area (Å²) in [6, 6.07) is 3.60. The van der Waals surface area contributed by atoms with Crippen LogP contribution in [-0.4, -0.2) is 16.2 Å². The Morgan fingerprint density at radius 1 is 1.53 bits per heavy atom. The number of aromatic nitrogens is 1. The van der Waals surface area contributed by atoms with E-state index in [0.29, 0.717) is 5.69 Å². The van der Waals surface area contributed by atoms with Gasteiger partial charge in [0.1, 0.15) is 5.75 Å². The predicted molar refractivity (Wildman–Crippen MR) is 59.8 cm³/mol. The molecule has 0 spiro atoms. The molecular formula is C12H19NO2. The molecule has 0 aliphatic rings. The first-order chi connectivity index (χ1) is 7.26. The molecular weight excluding hydrogens is 190 g/mol. The first kappa shape index (κ1) is 12.0. The minimum Gasteiger partial charge on any atom is -0.491 e. The third-order valence-electron chi connectivity index (χ3n) is 2.25. The standard InChI is InChI=1S/C12H19NO2/c1-3-4-5-10(2)15-12-6-7-13-11(8-12)9-14/h6-8,10,14H,3-5,9H2,1-2H3/t10-/m1/s1. The number of hydrogen-bond acceptors (Lipinski definition) is 3. The van der Waals surface area contributed by atoms with E-state index in [1.807, 2.05) is 6.07 Å². The molecule has 1 heterocycles. The zero-order chi connectivity index (χ0) is 11.1. The summed E-state index contributed by atoms with van der Waals surface area (Å²) in [5.74, 6) is 0.789. The molecule has 0 aromatic carbocycles. The van der Waals surface area contributed by atoms with Gasteiger partial charge >= 0.3 is 0 Å². The summed E-state index contributed by atoms with van der Waals surface area (Å²) >= 11 is 0. The lowest BCUT2D eigenvalue weighted by molar-refractivity contribution is 0.206. The Hall–Kier alpha value is -1.09. The first-order valence-corrected chi connectivity index (χ1v) is 5.48. The number of unbranched alkanes of at least 4 members (excludes halogenated alkanes) is 1. The van der Waals surface area contributed by atoms with Gasteiger partial charge in [0.25, 0.3) is 0 Å². The quantitative estimate of drug-likeness (QED) is 0.782. The average molecular weight is 209 g/mol. The molecule has 0 aliphatic carbocycles. The fourth-order valence-electron chi connectivity index (χ4n) is 1.40. The average Bonchev–Trinajstić information content (AvgIpc) is 2.26. The SMILES string of the molecule is CCCC[C@@H](C)Oc1ccnc(CO)c1. The Morgan fingerprint density at radius 3 is 3.00 bits per heavy atom. The molecule has 0 unspecified atom stereocenters. The number of pyridine rings is 1. The molecule has 1 N–H and O–H groups in total. The van der Waals surface area contributed by atoms with Gasteiger partial charge in [-0.05, 0) is 19.4 Å². The molecule has 15 heavy (non-hydrogen) atoms. The second-order valence-corrected chi connectivity index (χ2v) is 3.71. The van der Waals surface area contributed by atoms with E-state index in [-0.39, 0.29) is 12.7 Å². The Labute approximate surface area is 91.1 Å². The van der Waals surface area contributed by atoms with Crippen LogP contribution < -0.4 is 4.74 Å². The summed E-state index contributed by atoms with van der Waals surface area (Å²) in [7, 11) is 0. The summed E-state index contributed by atoms with van der Waals surface area (Å²) in [4.78, 5) is 4.00. The smallest absolute Gasteiger partial charge is 0.123 e. The zero-order valence-electron chi connectivity index (χ0n) is 9.44. The largest absolute Gasteiger partial charge is 0.491 e. The van der Waals surface area contributed by atoms with Gasteiger partial charge in [0.05, 0.1) is 18.4 Å². The number of rotatable bonds is 6. The second kappa shape index (κ2) is 6.40. The van der Waals surface area contributed by atoms with Crippen molar-refractivity contribution in [3.63, 3.8) is 0 Å². The van der Waals surface area contributed by atoms with Gasteiger partial charge < -0.3 is 9.84 Å². The Balaban J connectivity index is 2.48. The summed E-state index contributed by atoms with van der Waals surface area (Å²) in [6.45, 7) is 4.19. The van der Waals surface area contributed by atoms with Gasteiger partial charge in [-0.2, -0.15) is 0 Å². The number of ether oxygens (including phenoxy) is 1. The van der Waals surface area contributed by atoms with E-state index in [1.54, 1.807) is 12.3 Å². The van der Waals surface area contributed by atoms with E-state index in [4.69, 9.17) is 9.84 Å². The zero-order valence-corrected chi connectivity index (χ0v) is 9.44. The van der Waals surface area contributed by atoms with Crippen molar-refractivity contribution in [3.8, 4) is 5.75 Å². The lowest BCUT2D eigenvalue weighted by atomic mass is 10.2. The number of aliphatic hydroxyl groups excluding tert-OH is 1. The number of nitrogens with zero attached hydrogens (tertiary/aromatic N) is 1. The van der Waals surface area contributed by atoms with Gasteiger partial charge in [-0.3, -0.25) is 4.98 Å². The van der Waals surface area contributed by atoms with Gasteiger partial charge in [-0.25, -0.2) is 0 Å². The maximum Gasteiger partial charge on any atom is 0.123 e. The molecule has 0 radical (unpaired) electrons. The van der Waals surface area contributed by atoms with E-state index < -0.39 is 0 Å². The molecule has 1 atom stereocenters. The fourth-order valence-corrected chi connectivity index (χ4v) is 1.40. The topological polar surface area (TPSA) is 42.4 Å². The highest BCUT2D eigenvalue weighted by atomic mass is 16.5. The summed E-state index contributed by atoms with van der Waals surface area (Å²) in [5.41, 5.74) is 0.648. The van der Waals surface area contributed by atoms with Crippen LogP contribution in [0.4, 0.5) is 0 Å². The van der Waals surface area contributed by atoms with Crippen LogP contribution in [0.1, 0.15) is 38.8 Å². The van der Waals surface area contributed by atoms with Crippen molar-refractivity contribution in [2.75, 3.05) is 0 Å². The van der Waals surface area contributed by atoms with Crippen LogP contribution in [0.5, 0.6) is 5.75 Å². The van der Waals surface area contributed by atoms with Crippen molar-refractivity contribution in [1.29, 1.82) is 0 Å². The van der Waals surface area contributed by atoms with E-state index in [2.05, 4.69) is 18.8 Å². The van der Waals surface area contributed by atoms with E-state index >= 15 is 0 Å². The van der Waals surface area contributed by atoms with Crippen molar-refractivity contribution in [2.24, 2.45) is 0 Å². The third-order valence-corrected chi connectivity index (χ3v) is 2.25. The lowest BCUT2D eigenvalue weighted by Crippen LogP contribution is -2.11. The van der Waals surface area contributed by atoms with E-state index in [0.717, 1.165) is 12.2 Å². The molecule has 0 amide bonds. The predicted octanol–water partition coefficient (Wildman–Crippen LogP) is 2.53. The minimum atomic E-state index is -0.0411. The molecule has 3 heteroatoms. The van der Waals surface area contributed by atoms with Gasteiger partial charge in [0.15, 0.2) is 0 Å². The molecule has 0 fully saturated rings. The Morgan fingerprint density at radius 2 is 2.33 bits per heavy atom. The summed E-state index contributed by atoms with van der Waals surface area (Å²) < 4.78 is 5.71. The molecule has 0 saturated heterocycles. The highest BCUT2D eigenvalue weighted by Gasteiger charge is 2.04. The van der Waals surface area contributed by atoms with Gasteiger partial charge in [-0.1, -0.05) is 19.8 Å². The van der Waals surface area contributed by atoms with Crippen LogP contribution in [0.25, 0.3) is 0 Å². The number of hydrogen-bond donors (Lipinski definition) is 1. The van der Waals surface area contributed by atoms with Crippen LogP contribution in [0, 0.1) is 0 Å².